The van der Waals surface area contributed by atoms with Gasteiger partial charge in [0, 0.05) is 18.8 Å². The highest BCUT2D eigenvalue weighted by molar-refractivity contribution is 5.81. The third kappa shape index (κ3) is 4.84. The van der Waals surface area contributed by atoms with Crippen LogP contribution in [0.25, 0.3) is 0 Å². The predicted molar refractivity (Wildman–Crippen MR) is 73.2 cm³/mol. The van der Waals surface area contributed by atoms with Crippen LogP contribution in [-0.4, -0.2) is 23.5 Å². The van der Waals surface area contributed by atoms with Crippen molar-refractivity contribution in [1.82, 2.24) is 15.6 Å². The molecule has 0 fully saturated rings. The van der Waals surface area contributed by atoms with Crippen LogP contribution in [-0.2, 0) is 4.79 Å². The summed E-state index contributed by atoms with van der Waals surface area (Å²) >= 11 is 0. The van der Waals surface area contributed by atoms with E-state index in [2.05, 4.69) is 22.5 Å². The maximum atomic E-state index is 11.8. The standard InChI is InChI=1S/C14H23N3O/c1-4-5-9-16-14(18)12(3)17-11(2)13-8-6-7-10-15-13/h6-8,10-12,17H,4-5,9H2,1-3H3,(H,16,18). The second-order valence-corrected chi connectivity index (χ2v) is 4.51. The molecule has 0 aromatic carbocycles. The minimum atomic E-state index is -0.209. The maximum absolute atomic E-state index is 11.8. The van der Waals surface area contributed by atoms with Crippen LogP contribution in [0, 0.1) is 0 Å². The number of aromatic nitrogens is 1. The Labute approximate surface area is 109 Å². The minimum Gasteiger partial charge on any atom is -0.355 e. The number of hydrogen-bond donors (Lipinski definition) is 2. The van der Waals surface area contributed by atoms with Gasteiger partial charge in [0.05, 0.1) is 11.7 Å². The Morgan fingerprint density at radius 3 is 2.78 bits per heavy atom. The van der Waals surface area contributed by atoms with E-state index in [1.165, 1.54) is 0 Å². The summed E-state index contributed by atoms with van der Waals surface area (Å²) in [6.07, 6.45) is 3.88. The average molecular weight is 249 g/mol. The third-order valence-electron chi connectivity index (χ3n) is 2.85. The van der Waals surface area contributed by atoms with Gasteiger partial charge in [0.1, 0.15) is 0 Å². The van der Waals surface area contributed by atoms with Crippen LogP contribution in [0.5, 0.6) is 0 Å². The second-order valence-electron chi connectivity index (χ2n) is 4.51. The lowest BCUT2D eigenvalue weighted by Crippen LogP contribution is -2.43. The van der Waals surface area contributed by atoms with E-state index in [0.717, 1.165) is 25.1 Å². The number of nitrogens with one attached hydrogen (secondary N) is 2. The van der Waals surface area contributed by atoms with E-state index in [0.29, 0.717) is 0 Å². The lowest BCUT2D eigenvalue weighted by molar-refractivity contribution is -0.122. The molecular formula is C14H23N3O. The molecule has 0 saturated heterocycles. The maximum Gasteiger partial charge on any atom is 0.236 e. The summed E-state index contributed by atoms with van der Waals surface area (Å²) in [4.78, 5) is 16.1. The summed E-state index contributed by atoms with van der Waals surface area (Å²) in [5.41, 5.74) is 0.950. The molecular weight excluding hydrogens is 226 g/mol. The summed E-state index contributed by atoms with van der Waals surface area (Å²) in [6, 6.07) is 5.65. The smallest absolute Gasteiger partial charge is 0.236 e. The highest BCUT2D eigenvalue weighted by atomic mass is 16.2. The van der Waals surface area contributed by atoms with Crippen molar-refractivity contribution in [2.45, 2.75) is 45.7 Å². The zero-order valence-electron chi connectivity index (χ0n) is 11.4. The fourth-order valence-corrected chi connectivity index (χ4v) is 1.71. The van der Waals surface area contributed by atoms with Crippen LogP contribution >= 0.6 is 0 Å². The monoisotopic (exact) mass is 249 g/mol. The Bertz CT molecular complexity index is 353. The molecule has 2 atom stereocenters. The van der Waals surface area contributed by atoms with E-state index in [1.54, 1.807) is 6.20 Å². The number of unbranched alkanes of at least 4 members (excludes halogenated alkanes) is 1. The van der Waals surface area contributed by atoms with Gasteiger partial charge in [-0.2, -0.15) is 0 Å². The van der Waals surface area contributed by atoms with E-state index in [-0.39, 0.29) is 18.0 Å². The van der Waals surface area contributed by atoms with E-state index >= 15 is 0 Å². The van der Waals surface area contributed by atoms with Gasteiger partial charge in [0.25, 0.3) is 0 Å². The van der Waals surface area contributed by atoms with Gasteiger partial charge >= 0.3 is 0 Å². The number of pyridine rings is 1. The SMILES string of the molecule is CCCCNC(=O)C(C)NC(C)c1ccccn1. The Morgan fingerprint density at radius 1 is 1.39 bits per heavy atom. The zero-order valence-corrected chi connectivity index (χ0v) is 11.4. The van der Waals surface area contributed by atoms with Crippen LogP contribution in [0.1, 0.15) is 45.3 Å². The van der Waals surface area contributed by atoms with Crippen LogP contribution in [0.4, 0.5) is 0 Å². The molecule has 0 saturated carbocycles. The number of nitrogens with zero attached hydrogens (tertiary/aromatic N) is 1. The van der Waals surface area contributed by atoms with Gasteiger partial charge in [-0.25, -0.2) is 0 Å². The second kappa shape index (κ2) is 7.82. The molecule has 1 aromatic rings. The van der Waals surface area contributed by atoms with Gasteiger partial charge in [0.15, 0.2) is 0 Å². The molecule has 4 nitrogen and oxygen atoms in total. The molecule has 2 N–H and O–H groups in total. The normalized spacial score (nSPS) is 13.9. The molecule has 0 aliphatic heterocycles. The van der Waals surface area contributed by atoms with Gasteiger partial charge in [-0.1, -0.05) is 19.4 Å². The van der Waals surface area contributed by atoms with Gasteiger partial charge in [0.2, 0.25) is 5.91 Å². The van der Waals surface area contributed by atoms with Gasteiger partial charge in [-0.05, 0) is 32.4 Å². The lowest BCUT2D eigenvalue weighted by Gasteiger charge is -2.19. The van der Waals surface area contributed by atoms with Crippen LogP contribution < -0.4 is 10.6 Å². The Morgan fingerprint density at radius 2 is 2.17 bits per heavy atom. The largest absolute Gasteiger partial charge is 0.355 e. The van der Waals surface area contributed by atoms with Crippen LogP contribution in [0.15, 0.2) is 24.4 Å². The van der Waals surface area contributed by atoms with E-state index in [9.17, 15) is 4.79 Å². The van der Waals surface area contributed by atoms with Crippen molar-refractivity contribution in [2.75, 3.05) is 6.54 Å². The molecule has 0 radical (unpaired) electrons. The molecule has 100 valence electrons. The van der Waals surface area contributed by atoms with Crippen LogP contribution in [0.2, 0.25) is 0 Å². The summed E-state index contributed by atoms with van der Waals surface area (Å²) in [7, 11) is 0. The van der Waals surface area contributed by atoms with Crippen molar-refractivity contribution in [3.8, 4) is 0 Å². The fraction of sp³-hybridized carbons (Fsp3) is 0.571. The van der Waals surface area contributed by atoms with Crippen molar-refractivity contribution < 1.29 is 4.79 Å². The van der Waals surface area contributed by atoms with Crippen molar-refractivity contribution >= 4 is 5.91 Å². The number of carbonyl (C=O) groups excluding carboxylic acids is 1. The molecule has 0 bridgehead atoms. The van der Waals surface area contributed by atoms with Crippen molar-refractivity contribution in [2.24, 2.45) is 0 Å². The van der Waals surface area contributed by atoms with Crippen molar-refractivity contribution in [1.29, 1.82) is 0 Å². The van der Waals surface area contributed by atoms with E-state index in [4.69, 9.17) is 0 Å². The first-order valence-electron chi connectivity index (χ1n) is 6.59. The van der Waals surface area contributed by atoms with Gasteiger partial charge in [-0.15, -0.1) is 0 Å². The minimum absolute atomic E-state index is 0.0474. The van der Waals surface area contributed by atoms with Crippen molar-refractivity contribution in [3.63, 3.8) is 0 Å². The molecule has 1 amide bonds. The first-order valence-corrected chi connectivity index (χ1v) is 6.59. The van der Waals surface area contributed by atoms with Gasteiger partial charge in [-0.3, -0.25) is 15.1 Å². The summed E-state index contributed by atoms with van der Waals surface area (Å²) in [5.74, 6) is 0.0474. The first kappa shape index (κ1) is 14.6. The van der Waals surface area contributed by atoms with Crippen molar-refractivity contribution in [3.05, 3.63) is 30.1 Å². The fourth-order valence-electron chi connectivity index (χ4n) is 1.71. The number of rotatable bonds is 7. The van der Waals surface area contributed by atoms with E-state index in [1.807, 2.05) is 32.0 Å². The molecule has 0 aliphatic rings. The third-order valence-corrected chi connectivity index (χ3v) is 2.85. The van der Waals surface area contributed by atoms with Crippen LogP contribution in [0.3, 0.4) is 0 Å². The molecule has 1 rings (SSSR count). The number of amides is 1. The summed E-state index contributed by atoms with van der Waals surface area (Å²) in [5, 5.41) is 6.17. The quantitative estimate of drug-likeness (QED) is 0.727. The topological polar surface area (TPSA) is 54.0 Å². The molecule has 0 spiro atoms. The Kier molecular flexibility index (Phi) is 6.36. The Balaban J connectivity index is 2.39. The predicted octanol–water partition coefficient (Wildman–Crippen LogP) is 2.04. The molecule has 4 heteroatoms. The van der Waals surface area contributed by atoms with Gasteiger partial charge < -0.3 is 5.32 Å². The zero-order chi connectivity index (χ0) is 13.4. The molecule has 18 heavy (non-hydrogen) atoms. The molecule has 1 aromatic heterocycles. The number of carbonyl (C=O) groups is 1. The first-order chi connectivity index (χ1) is 8.65. The molecule has 1 heterocycles. The summed E-state index contributed by atoms with van der Waals surface area (Å²) in [6.45, 7) is 6.75. The summed E-state index contributed by atoms with van der Waals surface area (Å²) < 4.78 is 0. The molecule has 0 aliphatic carbocycles. The lowest BCUT2D eigenvalue weighted by atomic mass is 10.2. The Hall–Kier alpha value is -1.42. The average Bonchev–Trinajstić information content (AvgIpc) is 2.39. The highest BCUT2D eigenvalue weighted by Gasteiger charge is 2.15. The highest BCUT2D eigenvalue weighted by Crippen LogP contribution is 2.08. The van der Waals surface area contributed by atoms with E-state index < -0.39 is 0 Å². The number of hydrogen-bond acceptors (Lipinski definition) is 3. The molecule has 2 unspecified atom stereocenters.